The van der Waals surface area contributed by atoms with E-state index in [1.807, 2.05) is 6.07 Å². The van der Waals surface area contributed by atoms with Crippen LogP contribution in [0.1, 0.15) is 5.56 Å². The van der Waals surface area contributed by atoms with Gasteiger partial charge in [-0.1, -0.05) is 12.1 Å². The summed E-state index contributed by atoms with van der Waals surface area (Å²) in [7, 11) is 0. The highest BCUT2D eigenvalue weighted by atomic mass is 79.9. The van der Waals surface area contributed by atoms with Gasteiger partial charge in [-0.2, -0.15) is 5.26 Å². The van der Waals surface area contributed by atoms with Gasteiger partial charge in [-0.3, -0.25) is 4.79 Å². The van der Waals surface area contributed by atoms with Crippen molar-refractivity contribution < 1.29 is 0 Å². The molecule has 1 aromatic heterocycles. The van der Waals surface area contributed by atoms with Crippen molar-refractivity contribution >= 4 is 26.8 Å². The minimum atomic E-state index is -0.175. The number of aromatic nitrogens is 2. The van der Waals surface area contributed by atoms with Crippen molar-refractivity contribution in [1.29, 1.82) is 5.26 Å². The van der Waals surface area contributed by atoms with Crippen LogP contribution in [0.2, 0.25) is 0 Å². The second-order valence-electron chi connectivity index (χ2n) is 4.24. The number of rotatable bonds is 1. The summed E-state index contributed by atoms with van der Waals surface area (Å²) in [4.78, 5) is 19.2. The number of nitriles is 1. The Balaban J connectivity index is 2.23. The van der Waals surface area contributed by atoms with Crippen LogP contribution in [0.4, 0.5) is 0 Å². The largest absolute Gasteiger partial charge is 0.306 e. The zero-order valence-corrected chi connectivity index (χ0v) is 11.8. The molecule has 0 atom stereocenters. The maximum Gasteiger partial charge on any atom is 0.259 e. The Morgan fingerprint density at radius 1 is 1.20 bits per heavy atom. The van der Waals surface area contributed by atoms with E-state index < -0.39 is 0 Å². The lowest BCUT2D eigenvalue weighted by molar-refractivity contribution is 1.18. The lowest BCUT2D eigenvalue weighted by atomic mass is 10.1. The molecule has 0 amide bonds. The Morgan fingerprint density at radius 2 is 2.00 bits per heavy atom. The molecule has 96 valence electrons. The molecular weight excluding hydrogens is 318 g/mol. The van der Waals surface area contributed by atoms with Gasteiger partial charge in [0.25, 0.3) is 5.56 Å². The van der Waals surface area contributed by atoms with Crippen LogP contribution in [-0.4, -0.2) is 9.97 Å². The van der Waals surface area contributed by atoms with E-state index in [-0.39, 0.29) is 5.56 Å². The minimum absolute atomic E-state index is 0.175. The summed E-state index contributed by atoms with van der Waals surface area (Å²) in [5.41, 5.74) is 1.76. The van der Waals surface area contributed by atoms with E-state index >= 15 is 0 Å². The second kappa shape index (κ2) is 4.91. The number of fused-ring (bicyclic) bond motifs is 1. The fourth-order valence-electron chi connectivity index (χ4n) is 1.98. The molecule has 20 heavy (non-hydrogen) atoms. The molecule has 0 aliphatic carbocycles. The monoisotopic (exact) mass is 325 g/mol. The molecule has 0 saturated carbocycles. The molecule has 3 aromatic rings. The number of benzene rings is 2. The number of hydrogen-bond donors (Lipinski definition) is 1. The van der Waals surface area contributed by atoms with Gasteiger partial charge in [-0.05, 0) is 46.3 Å². The molecule has 5 heteroatoms. The second-order valence-corrected chi connectivity index (χ2v) is 5.09. The number of nitrogens with one attached hydrogen (secondary N) is 1. The average molecular weight is 326 g/mol. The Labute approximate surface area is 122 Å². The van der Waals surface area contributed by atoms with Crippen molar-refractivity contribution in [1.82, 2.24) is 9.97 Å². The molecule has 0 aliphatic rings. The van der Waals surface area contributed by atoms with Gasteiger partial charge in [0.2, 0.25) is 0 Å². The van der Waals surface area contributed by atoms with Gasteiger partial charge in [0.05, 0.1) is 16.5 Å². The maximum atomic E-state index is 12.0. The molecule has 0 fully saturated rings. The molecule has 0 unspecified atom stereocenters. The van der Waals surface area contributed by atoms with Crippen LogP contribution >= 0.6 is 15.9 Å². The Hall–Kier alpha value is -2.45. The molecule has 0 spiro atoms. The van der Waals surface area contributed by atoms with Gasteiger partial charge < -0.3 is 4.98 Å². The standard InChI is InChI=1S/C15H8BrN3O/c16-12-7-9(5-6-10(12)8-17)14-18-13-4-2-1-3-11(13)15(20)19-14/h1-7H,(H,18,19,20). The molecule has 0 bridgehead atoms. The molecule has 2 aromatic carbocycles. The predicted octanol–water partition coefficient (Wildman–Crippen LogP) is 3.22. The molecule has 4 nitrogen and oxygen atoms in total. The van der Waals surface area contributed by atoms with E-state index in [2.05, 4.69) is 32.0 Å². The number of H-pyrrole nitrogens is 1. The number of aromatic amines is 1. The van der Waals surface area contributed by atoms with Gasteiger partial charge in [0.15, 0.2) is 0 Å². The summed E-state index contributed by atoms with van der Waals surface area (Å²) in [6.45, 7) is 0. The van der Waals surface area contributed by atoms with E-state index in [1.54, 1.807) is 36.4 Å². The average Bonchev–Trinajstić information content (AvgIpc) is 2.47. The van der Waals surface area contributed by atoms with E-state index in [0.29, 0.717) is 26.8 Å². The fourth-order valence-corrected chi connectivity index (χ4v) is 2.44. The van der Waals surface area contributed by atoms with Crippen LogP contribution in [-0.2, 0) is 0 Å². The van der Waals surface area contributed by atoms with E-state index in [1.165, 1.54) is 0 Å². The lowest BCUT2D eigenvalue weighted by Crippen LogP contribution is -2.09. The van der Waals surface area contributed by atoms with Crippen LogP contribution in [0, 0.1) is 11.3 Å². The molecular formula is C15H8BrN3O. The third-order valence-electron chi connectivity index (χ3n) is 2.98. The minimum Gasteiger partial charge on any atom is -0.306 e. The first-order chi connectivity index (χ1) is 9.69. The Morgan fingerprint density at radius 3 is 2.75 bits per heavy atom. The van der Waals surface area contributed by atoms with Crippen LogP contribution in [0.3, 0.4) is 0 Å². The Kier molecular flexibility index (Phi) is 3.09. The van der Waals surface area contributed by atoms with Crippen LogP contribution < -0.4 is 5.56 Å². The summed E-state index contributed by atoms with van der Waals surface area (Å²) in [5.74, 6) is 0.485. The highest BCUT2D eigenvalue weighted by molar-refractivity contribution is 9.10. The van der Waals surface area contributed by atoms with E-state index in [9.17, 15) is 4.79 Å². The Bertz CT molecular complexity index is 909. The summed E-state index contributed by atoms with van der Waals surface area (Å²) in [6.07, 6.45) is 0. The highest BCUT2D eigenvalue weighted by Crippen LogP contribution is 2.23. The van der Waals surface area contributed by atoms with Crippen LogP contribution in [0.25, 0.3) is 22.3 Å². The fraction of sp³-hybridized carbons (Fsp3) is 0. The zero-order chi connectivity index (χ0) is 14.1. The van der Waals surface area contributed by atoms with Gasteiger partial charge in [0.1, 0.15) is 11.9 Å². The van der Waals surface area contributed by atoms with Crippen molar-refractivity contribution in [2.75, 3.05) is 0 Å². The van der Waals surface area contributed by atoms with Gasteiger partial charge in [0, 0.05) is 10.0 Å². The topological polar surface area (TPSA) is 69.5 Å². The SMILES string of the molecule is N#Cc1ccc(-c2nc3ccccc3c(=O)[nH]2)cc1Br. The summed E-state index contributed by atoms with van der Waals surface area (Å²) < 4.78 is 0.674. The summed E-state index contributed by atoms with van der Waals surface area (Å²) >= 11 is 3.33. The van der Waals surface area contributed by atoms with Crippen LogP contribution in [0.15, 0.2) is 51.7 Å². The van der Waals surface area contributed by atoms with Gasteiger partial charge in [-0.25, -0.2) is 4.98 Å². The van der Waals surface area contributed by atoms with Crippen LogP contribution in [0.5, 0.6) is 0 Å². The maximum absolute atomic E-state index is 12.0. The summed E-state index contributed by atoms with van der Waals surface area (Å²) in [5, 5.41) is 9.47. The number of para-hydroxylation sites is 1. The molecule has 1 heterocycles. The molecule has 1 N–H and O–H groups in total. The number of halogens is 1. The van der Waals surface area contributed by atoms with Crippen molar-refractivity contribution in [3.8, 4) is 17.5 Å². The molecule has 3 rings (SSSR count). The third kappa shape index (κ3) is 2.10. The van der Waals surface area contributed by atoms with Gasteiger partial charge in [-0.15, -0.1) is 0 Å². The van der Waals surface area contributed by atoms with Crippen molar-refractivity contribution in [2.45, 2.75) is 0 Å². The normalized spacial score (nSPS) is 10.4. The highest BCUT2D eigenvalue weighted by Gasteiger charge is 2.07. The first-order valence-corrected chi connectivity index (χ1v) is 6.67. The smallest absolute Gasteiger partial charge is 0.259 e. The summed E-state index contributed by atoms with van der Waals surface area (Å²) in [6, 6.07) is 14.5. The molecule has 0 aliphatic heterocycles. The number of nitrogens with zero attached hydrogens (tertiary/aromatic N) is 2. The van der Waals surface area contributed by atoms with Gasteiger partial charge >= 0.3 is 0 Å². The zero-order valence-electron chi connectivity index (χ0n) is 10.2. The third-order valence-corrected chi connectivity index (χ3v) is 3.63. The van der Waals surface area contributed by atoms with Crippen molar-refractivity contribution in [3.05, 3.63) is 62.9 Å². The quantitative estimate of drug-likeness (QED) is 0.746. The van der Waals surface area contributed by atoms with Crippen molar-refractivity contribution in [3.63, 3.8) is 0 Å². The molecule has 0 saturated heterocycles. The number of hydrogen-bond acceptors (Lipinski definition) is 3. The lowest BCUT2D eigenvalue weighted by Gasteiger charge is -2.04. The first-order valence-electron chi connectivity index (χ1n) is 5.88. The predicted molar refractivity (Wildman–Crippen MR) is 80.2 cm³/mol. The van der Waals surface area contributed by atoms with E-state index in [4.69, 9.17) is 5.26 Å². The van der Waals surface area contributed by atoms with E-state index in [0.717, 1.165) is 5.56 Å². The first kappa shape index (κ1) is 12.6. The molecule has 0 radical (unpaired) electrons. The van der Waals surface area contributed by atoms with Crippen molar-refractivity contribution in [2.24, 2.45) is 0 Å².